The molecule has 2 aliphatic rings. The highest BCUT2D eigenvalue weighted by Crippen LogP contribution is 2.50. The van der Waals surface area contributed by atoms with E-state index in [1.807, 2.05) is 0 Å². The lowest BCUT2D eigenvalue weighted by Gasteiger charge is -2.66. The second-order valence-electron chi connectivity index (χ2n) is 5.80. The van der Waals surface area contributed by atoms with E-state index >= 15 is 0 Å². The normalized spacial score (nSPS) is 27.7. The van der Waals surface area contributed by atoms with Gasteiger partial charge in [0.2, 0.25) is 5.91 Å². The van der Waals surface area contributed by atoms with Crippen LogP contribution in [0.2, 0.25) is 0 Å². The SMILES string of the molecule is CC(=O)N1CC2(C1)N(C[C@H](O)[C@H](O)[C@H](O)CO)CC2(F)F. The average molecular weight is 310 g/mol. The molecule has 0 aromatic heterocycles. The van der Waals surface area contributed by atoms with Crippen molar-refractivity contribution in [2.45, 2.75) is 36.7 Å². The van der Waals surface area contributed by atoms with Crippen LogP contribution in [0.3, 0.4) is 0 Å². The minimum absolute atomic E-state index is 0.124. The van der Waals surface area contributed by atoms with Gasteiger partial charge in [0.05, 0.1) is 19.3 Å². The molecular weight excluding hydrogens is 290 g/mol. The van der Waals surface area contributed by atoms with Gasteiger partial charge in [-0.2, -0.15) is 0 Å². The Morgan fingerprint density at radius 3 is 2.19 bits per heavy atom. The Kier molecular flexibility index (Phi) is 4.24. The second kappa shape index (κ2) is 5.40. The van der Waals surface area contributed by atoms with E-state index in [1.54, 1.807) is 0 Å². The zero-order chi connectivity index (χ0) is 16.0. The van der Waals surface area contributed by atoms with Gasteiger partial charge in [-0.1, -0.05) is 0 Å². The van der Waals surface area contributed by atoms with E-state index in [4.69, 9.17) is 5.11 Å². The Balaban J connectivity index is 1.97. The van der Waals surface area contributed by atoms with Crippen LogP contribution in [0.5, 0.6) is 0 Å². The van der Waals surface area contributed by atoms with Gasteiger partial charge in [-0.05, 0) is 0 Å². The summed E-state index contributed by atoms with van der Waals surface area (Å²) in [6, 6.07) is 0. The Hall–Kier alpha value is -0.870. The van der Waals surface area contributed by atoms with Gasteiger partial charge in [-0.25, -0.2) is 8.78 Å². The number of nitrogens with zero attached hydrogens (tertiary/aromatic N) is 2. The highest BCUT2D eigenvalue weighted by atomic mass is 19.3. The molecule has 0 bridgehead atoms. The van der Waals surface area contributed by atoms with Crippen LogP contribution in [-0.4, -0.2) is 98.7 Å². The molecule has 0 unspecified atom stereocenters. The molecule has 0 aromatic rings. The van der Waals surface area contributed by atoms with Crippen molar-refractivity contribution in [2.75, 3.05) is 32.8 Å². The van der Waals surface area contributed by atoms with Gasteiger partial charge in [-0.15, -0.1) is 0 Å². The van der Waals surface area contributed by atoms with Crippen molar-refractivity contribution >= 4 is 5.91 Å². The van der Waals surface area contributed by atoms with Crippen molar-refractivity contribution in [3.05, 3.63) is 0 Å². The number of aliphatic hydroxyl groups excluding tert-OH is 4. The number of rotatable bonds is 5. The van der Waals surface area contributed by atoms with Crippen molar-refractivity contribution in [2.24, 2.45) is 0 Å². The number of likely N-dealkylation sites (tertiary alicyclic amines) is 2. The summed E-state index contributed by atoms with van der Waals surface area (Å²) in [4.78, 5) is 13.7. The van der Waals surface area contributed by atoms with E-state index in [0.29, 0.717) is 0 Å². The number of halogens is 2. The molecule has 9 heteroatoms. The maximum Gasteiger partial charge on any atom is 0.281 e. The molecule has 2 saturated heterocycles. The van der Waals surface area contributed by atoms with Crippen LogP contribution in [-0.2, 0) is 4.79 Å². The topological polar surface area (TPSA) is 104 Å². The third-order valence-electron chi connectivity index (χ3n) is 4.41. The van der Waals surface area contributed by atoms with Crippen LogP contribution in [0.15, 0.2) is 0 Å². The smallest absolute Gasteiger partial charge is 0.281 e. The third-order valence-corrected chi connectivity index (χ3v) is 4.41. The standard InChI is InChI=1S/C12H20F2N2O5/c1-7(18)15-4-11(5-15)12(13,14)6-16(11)2-8(19)10(21)9(20)3-17/h8-10,17,19-21H,2-6H2,1H3/t8-,9+,10-/m0/s1. The van der Waals surface area contributed by atoms with E-state index in [-0.39, 0.29) is 25.5 Å². The lowest BCUT2D eigenvalue weighted by atomic mass is 9.73. The number of hydrogen-bond acceptors (Lipinski definition) is 6. The summed E-state index contributed by atoms with van der Waals surface area (Å²) in [5.74, 6) is -3.25. The first-order valence-electron chi connectivity index (χ1n) is 6.68. The molecule has 0 aromatic carbocycles. The largest absolute Gasteiger partial charge is 0.394 e. The maximum absolute atomic E-state index is 13.8. The van der Waals surface area contributed by atoms with Crippen LogP contribution < -0.4 is 0 Å². The summed E-state index contributed by atoms with van der Waals surface area (Å²) in [7, 11) is 0. The number of carbonyl (C=O) groups is 1. The predicted molar refractivity (Wildman–Crippen MR) is 66.6 cm³/mol. The van der Waals surface area contributed by atoms with E-state index in [1.165, 1.54) is 16.7 Å². The summed E-state index contributed by atoms with van der Waals surface area (Å²) in [6.07, 6.45) is -4.62. The fraction of sp³-hybridized carbons (Fsp3) is 0.917. The predicted octanol–water partition coefficient (Wildman–Crippen LogP) is -2.39. The maximum atomic E-state index is 13.8. The molecule has 1 amide bonds. The summed E-state index contributed by atoms with van der Waals surface area (Å²) in [5.41, 5.74) is -1.50. The summed E-state index contributed by atoms with van der Waals surface area (Å²) in [5, 5.41) is 37.2. The van der Waals surface area contributed by atoms with Gasteiger partial charge >= 0.3 is 0 Å². The molecule has 4 N–H and O–H groups in total. The average Bonchev–Trinajstić information content (AvgIpc) is 2.33. The Morgan fingerprint density at radius 1 is 1.19 bits per heavy atom. The molecule has 7 nitrogen and oxygen atoms in total. The summed E-state index contributed by atoms with van der Waals surface area (Å²) in [6.45, 7) is -0.527. The lowest BCUT2D eigenvalue weighted by Crippen LogP contribution is -2.88. The number of amides is 1. The molecule has 1 spiro atoms. The molecule has 2 aliphatic heterocycles. The number of carbonyl (C=O) groups excluding carboxylic acids is 1. The zero-order valence-electron chi connectivity index (χ0n) is 11.6. The number of hydrogen-bond donors (Lipinski definition) is 4. The number of alkyl halides is 2. The van der Waals surface area contributed by atoms with Crippen LogP contribution in [0.1, 0.15) is 6.92 Å². The fourth-order valence-corrected chi connectivity index (χ4v) is 2.85. The van der Waals surface area contributed by atoms with E-state index in [0.717, 1.165) is 0 Å². The van der Waals surface area contributed by atoms with Crippen LogP contribution in [0.25, 0.3) is 0 Å². The van der Waals surface area contributed by atoms with Crippen LogP contribution in [0, 0.1) is 0 Å². The number of aliphatic hydroxyl groups is 4. The first kappa shape index (κ1) is 16.5. The monoisotopic (exact) mass is 310 g/mol. The van der Waals surface area contributed by atoms with Crippen molar-refractivity contribution in [3.63, 3.8) is 0 Å². The minimum atomic E-state index is -2.96. The Morgan fingerprint density at radius 2 is 1.76 bits per heavy atom. The lowest BCUT2D eigenvalue weighted by molar-refractivity contribution is -0.293. The molecule has 21 heavy (non-hydrogen) atoms. The molecule has 122 valence electrons. The van der Waals surface area contributed by atoms with Crippen LogP contribution in [0.4, 0.5) is 8.78 Å². The second-order valence-corrected chi connectivity index (χ2v) is 5.80. The molecule has 2 rings (SSSR count). The highest BCUT2D eigenvalue weighted by Gasteiger charge is 2.72. The van der Waals surface area contributed by atoms with Gasteiger partial charge in [0.1, 0.15) is 17.7 Å². The summed E-state index contributed by atoms with van der Waals surface area (Å²) < 4.78 is 27.6. The van der Waals surface area contributed by atoms with Crippen LogP contribution >= 0.6 is 0 Å². The third kappa shape index (κ3) is 2.53. The van der Waals surface area contributed by atoms with Crippen molar-refractivity contribution in [1.29, 1.82) is 0 Å². The molecule has 0 saturated carbocycles. The molecular formula is C12H20F2N2O5. The minimum Gasteiger partial charge on any atom is -0.394 e. The molecule has 0 aliphatic carbocycles. The molecule has 3 atom stereocenters. The van der Waals surface area contributed by atoms with Gasteiger partial charge < -0.3 is 25.3 Å². The molecule has 2 fully saturated rings. The van der Waals surface area contributed by atoms with Gasteiger partial charge in [0.15, 0.2) is 0 Å². The summed E-state index contributed by atoms with van der Waals surface area (Å²) >= 11 is 0. The fourth-order valence-electron chi connectivity index (χ4n) is 2.85. The van der Waals surface area contributed by atoms with Crippen molar-refractivity contribution < 1.29 is 34.0 Å². The first-order chi connectivity index (χ1) is 9.64. The first-order valence-corrected chi connectivity index (χ1v) is 6.68. The Bertz CT molecular complexity index is 416. The van der Waals surface area contributed by atoms with Crippen molar-refractivity contribution in [1.82, 2.24) is 9.80 Å². The van der Waals surface area contributed by atoms with E-state index in [2.05, 4.69) is 0 Å². The van der Waals surface area contributed by atoms with E-state index < -0.39 is 42.9 Å². The highest BCUT2D eigenvalue weighted by molar-refractivity contribution is 5.75. The van der Waals surface area contributed by atoms with Gasteiger partial charge in [-0.3, -0.25) is 9.69 Å². The molecule has 0 radical (unpaired) electrons. The van der Waals surface area contributed by atoms with E-state index in [9.17, 15) is 28.9 Å². The number of β-amino-alcohol motifs (C(OH)–C–C–N with tert-alkyl or cyclic N) is 1. The Labute approximate surface area is 120 Å². The van der Waals surface area contributed by atoms with Gasteiger partial charge in [0.25, 0.3) is 5.92 Å². The zero-order valence-corrected chi connectivity index (χ0v) is 11.6. The van der Waals surface area contributed by atoms with Gasteiger partial charge in [0, 0.05) is 26.6 Å². The van der Waals surface area contributed by atoms with Crippen molar-refractivity contribution in [3.8, 4) is 0 Å². The molecule has 2 heterocycles. The quantitative estimate of drug-likeness (QED) is 0.452.